The molecule has 0 aliphatic rings. The Hall–Kier alpha value is -4.32. The first-order chi connectivity index (χ1) is 16.2. The van der Waals surface area contributed by atoms with Crippen LogP contribution in [0.5, 0.6) is 11.5 Å². The van der Waals surface area contributed by atoms with Gasteiger partial charge in [0.25, 0.3) is 0 Å². The minimum atomic E-state index is 0.615. The van der Waals surface area contributed by atoms with Crippen molar-refractivity contribution < 1.29 is 9.47 Å². The second-order valence-corrected chi connectivity index (χ2v) is 8.06. The lowest BCUT2D eigenvalue weighted by Crippen LogP contribution is -1.94. The maximum absolute atomic E-state index is 5.80. The molecule has 0 saturated heterocycles. The van der Waals surface area contributed by atoms with Gasteiger partial charge >= 0.3 is 0 Å². The molecule has 8 N–H and O–H groups in total. The van der Waals surface area contributed by atoms with Gasteiger partial charge in [-0.3, -0.25) is 0 Å². The van der Waals surface area contributed by atoms with E-state index < -0.39 is 0 Å². The lowest BCUT2D eigenvalue weighted by Gasteiger charge is -2.10. The van der Waals surface area contributed by atoms with E-state index in [1.807, 2.05) is 74.5 Å². The largest absolute Gasteiger partial charge is 0.495 e. The quantitative estimate of drug-likeness (QED) is 0.293. The smallest absolute Gasteiger partial charge is 0.142 e. The molecular weight excluding hydrogens is 424 g/mol. The number of rotatable bonds is 4. The van der Waals surface area contributed by atoms with E-state index in [1.54, 1.807) is 14.2 Å². The molecule has 0 spiro atoms. The molecule has 0 saturated carbocycles. The summed E-state index contributed by atoms with van der Waals surface area (Å²) >= 11 is 0. The molecule has 0 aliphatic heterocycles. The van der Waals surface area contributed by atoms with Crippen LogP contribution in [0.4, 0.5) is 22.7 Å². The Morgan fingerprint density at radius 1 is 0.441 bits per heavy atom. The first kappa shape index (κ1) is 24.3. The van der Waals surface area contributed by atoms with Crippen LogP contribution in [0, 0.1) is 13.8 Å². The highest BCUT2D eigenvalue weighted by atomic mass is 16.5. The number of hydrogen-bond donors (Lipinski definition) is 4. The second kappa shape index (κ2) is 10.5. The predicted molar refractivity (Wildman–Crippen MR) is 144 cm³/mol. The number of nitrogen functional groups attached to an aromatic ring is 4. The number of anilines is 4. The molecule has 6 nitrogen and oxygen atoms in total. The molecule has 0 radical (unpaired) electrons. The number of aryl methyl sites for hydroxylation is 2. The van der Waals surface area contributed by atoms with E-state index in [4.69, 9.17) is 32.4 Å². The minimum absolute atomic E-state index is 0.615. The third-order valence-electron chi connectivity index (χ3n) is 5.67. The van der Waals surface area contributed by atoms with Crippen LogP contribution in [0.2, 0.25) is 0 Å². The molecule has 0 aliphatic carbocycles. The molecule has 0 bridgehead atoms. The van der Waals surface area contributed by atoms with Crippen LogP contribution in [0.15, 0.2) is 72.8 Å². The van der Waals surface area contributed by atoms with E-state index in [2.05, 4.69) is 12.1 Å². The molecule has 4 aromatic rings. The van der Waals surface area contributed by atoms with Crippen LogP contribution in [0.1, 0.15) is 11.1 Å². The monoisotopic (exact) mass is 456 g/mol. The van der Waals surface area contributed by atoms with Gasteiger partial charge in [0.15, 0.2) is 0 Å². The number of methoxy groups -OCH3 is 2. The van der Waals surface area contributed by atoms with Crippen LogP contribution in [-0.4, -0.2) is 14.2 Å². The van der Waals surface area contributed by atoms with Gasteiger partial charge in [0, 0.05) is 11.4 Å². The molecule has 0 heterocycles. The van der Waals surface area contributed by atoms with Crippen LogP contribution in [0.25, 0.3) is 22.3 Å². The van der Waals surface area contributed by atoms with Crippen molar-refractivity contribution in [3.05, 3.63) is 83.9 Å². The fourth-order valence-electron chi connectivity index (χ4n) is 3.49. The Morgan fingerprint density at radius 2 is 0.735 bits per heavy atom. The summed E-state index contributed by atoms with van der Waals surface area (Å²) in [6, 6.07) is 23.4. The van der Waals surface area contributed by atoms with Gasteiger partial charge in [-0.1, -0.05) is 24.3 Å². The summed E-state index contributed by atoms with van der Waals surface area (Å²) in [6.45, 7) is 4.03. The molecule has 176 valence electrons. The van der Waals surface area contributed by atoms with E-state index in [0.29, 0.717) is 22.9 Å². The minimum Gasteiger partial charge on any atom is -0.495 e. The molecule has 4 rings (SSSR count). The highest BCUT2D eigenvalue weighted by molar-refractivity contribution is 5.74. The summed E-state index contributed by atoms with van der Waals surface area (Å²) in [7, 11) is 3.19. The summed E-state index contributed by atoms with van der Waals surface area (Å²) in [4.78, 5) is 0. The van der Waals surface area contributed by atoms with Crippen LogP contribution >= 0.6 is 0 Å². The number of nitrogens with two attached hydrogens (primary N) is 4. The maximum atomic E-state index is 5.80. The van der Waals surface area contributed by atoms with Crippen LogP contribution in [-0.2, 0) is 0 Å². The Balaban J connectivity index is 0.000000192. The van der Waals surface area contributed by atoms with E-state index in [0.717, 1.165) is 33.6 Å². The van der Waals surface area contributed by atoms with Crippen molar-refractivity contribution in [3.63, 3.8) is 0 Å². The fraction of sp³-hybridized carbons (Fsp3) is 0.143. The average Bonchev–Trinajstić information content (AvgIpc) is 2.84. The van der Waals surface area contributed by atoms with Gasteiger partial charge in [-0.15, -0.1) is 0 Å². The van der Waals surface area contributed by atoms with Crippen molar-refractivity contribution in [2.24, 2.45) is 0 Å². The van der Waals surface area contributed by atoms with Gasteiger partial charge < -0.3 is 32.4 Å². The van der Waals surface area contributed by atoms with Gasteiger partial charge in [-0.25, -0.2) is 0 Å². The molecule has 34 heavy (non-hydrogen) atoms. The third kappa shape index (κ3) is 5.53. The second-order valence-electron chi connectivity index (χ2n) is 8.06. The summed E-state index contributed by atoms with van der Waals surface area (Å²) in [6.07, 6.45) is 0. The van der Waals surface area contributed by atoms with Crippen molar-refractivity contribution in [1.82, 2.24) is 0 Å². The summed E-state index contributed by atoms with van der Waals surface area (Å²) in [5.74, 6) is 1.31. The molecular formula is C28H32N4O2. The third-order valence-corrected chi connectivity index (χ3v) is 5.67. The average molecular weight is 457 g/mol. The topological polar surface area (TPSA) is 123 Å². The van der Waals surface area contributed by atoms with Gasteiger partial charge in [0.2, 0.25) is 0 Å². The Kier molecular flexibility index (Phi) is 7.53. The first-order valence-electron chi connectivity index (χ1n) is 10.8. The lowest BCUT2D eigenvalue weighted by atomic mass is 10.0. The van der Waals surface area contributed by atoms with Crippen LogP contribution < -0.4 is 32.4 Å². The zero-order valence-corrected chi connectivity index (χ0v) is 20.1. The van der Waals surface area contributed by atoms with Gasteiger partial charge in [-0.05, 0) is 95.8 Å². The van der Waals surface area contributed by atoms with Crippen molar-refractivity contribution in [2.45, 2.75) is 13.8 Å². The fourth-order valence-corrected chi connectivity index (χ4v) is 3.49. The molecule has 0 atom stereocenters. The Bertz CT molecular complexity index is 1200. The van der Waals surface area contributed by atoms with Crippen molar-refractivity contribution in [1.29, 1.82) is 0 Å². The molecule has 0 fully saturated rings. The van der Waals surface area contributed by atoms with Crippen molar-refractivity contribution >= 4 is 22.7 Å². The van der Waals surface area contributed by atoms with Crippen molar-refractivity contribution in [3.8, 4) is 33.8 Å². The van der Waals surface area contributed by atoms with E-state index in [1.165, 1.54) is 11.1 Å². The predicted octanol–water partition coefficient (Wildman–Crippen LogP) is 5.67. The van der Waals surface area contributed by atoms with E-state index in [9.17, 15) is 0 Å². The Morgan fingerprint density at radius 3 is 1.03 bits per heavy atom. The lowest BCUT2D eigenvalue weighted by molar-refractivity contribution is 0.416. The molecule has 4 aromatic carbocycles. The SMILES string of the molecule is COc1cc(-c2ccc(N)c(OC)c2)ccc1N.Cc1cc(-c2ccc(N)c(C)c2)ccc1N. The van der Waals surface area contributed by atoms with Crippen molar-refractivity contribution in [2.75, 3.05) is 37.2 Å². The number of benzene rings is 4. The summed E-state index contributed by atoms with van der Waals surface area (Å²) in [5, 5.41) is 0. The molecule has 6 heteroatoms. The zero-order chi connectivity index (χ0) is 24.8. The van der Waals surface area contributed by atoms with Gasteiger partial charge in [0.1, 0.15) is 11.5 Å². The summed E-state index contributed by atoms with van der Waals surface area (Å²) < 4.78 is 10.4. The normalized spacial score (nSPS) is 10.2. The first-order valence-corrected chi connectivity index (χ1v) is 10.8. The van der Waals surface area contributed by atoms with Crippen LogP contribution in [0.3, 0.4) is 0 Å². The zero-order valence-electron chi connectivity index (χ0n) is 20.1. The van der Waals surface area contributed by atoms with Gasteiger partial charge in [0.05, 0.1) is 25.6 Å². The highest BCUT2D eigenvalue weighted by Gasteiger charge is 2.06. The number of ether oxygens (including phenoxy) is 2. The summed E-state index contributed by atoms with van der Waals surface area (Å²) in [5.41, 5.74) is 32.6. The van der Waals surface area contributed by atoms with Gasteiger partial charge in [-0.2, -0.15) is 0 Å². The molecule has 0 amide bonds. The standard InChI is InChI=1S/C14H16N2O2.C14H16N2/c1-17-13-7-9(3-5-11(13)15)10-4-6-12(16)14(8-10)18-2;1-9-7-11(3-5-13(9)15)12-4-6-14(16)10(2)8-12/h3-8H,15-16H2,1-2H3;3-8H,15-16H2,1-2H3. The molecule has 0 unspecified atom stereocenters. The maximum Gasteiger partial charge on any atom is 0.142 e. The molecule has 0 aromatic heterocycles. The number of hydrogen-bond acceptors (Lipinski definition) is 6. The van der Waals surface area contributed by atoms with E-state index >= 15 is 0 Å². The highest BCUT2D eigenvalue weighted by Crippen LogP contribution is 2.32. The Labute approximate surface area is 201 Å². The van der Waals surface area contributed by atoms with E-state index in [-0.39, 0.29) is 0 Å².